The molecule has 1 aromatic rings. The predicted octanol–water partition coefficient (Wildman–Crippen LogP) is -0.912. The number of aromatic amines is 1. The number of nitrogens with one attached hydrogen (secondary N) is 1. The van der Waals surface area contributed by atoms with Crippen LogP contribution in [-0.4, -0.2) is 50.7 Å². The molecule has 2 heterocycles. The number of H-pyrrole nitrogens is 1. The van der Waals surface area contributed by atoms with Gasteiger partial charge in [0.25, 0.3) is 5.56 Å². The fourth-order valence-electron chi connectivity index (χ4n) is 2.04. The van der Waals surface area contributed by atoms with Crippen LogP contribution in [0, 0.1) is 4.77 Å². The van der Waals surface area contributed by atoms with E-state index >= 15 is 0 Å². The average Bonchev–Trinajstić information content (AvgIpc) is 2.66. The van der Waals surface area contributed by atoms with Crippen molar-refractivity contribution < 1.29 is 24.5 Å². The van der Waals surface area contributed by atoms with Gasteiger partial charge in [0.2, 0.25) is 0 Å². The van der Waals surface area contributed by atoms with Crippen LogP contribution in [0.4, 0.5) is 0 Å². The monoisotopic (exact) mass is 302 g/mol. The summed E-state index contributed by atoms with van der Waals surface area (Å²) in [6, 6.07) is 1.22. The van der Waals surface area contributed by atoms with Crippen molar-refractivity contribution >= 4 is 18.2 Å². The SMILES string of the molecule is CC(=O)O[C@H]1C(O)[C@@H](CO)O[C@H]1n1ccc(=O)[nH]c1=S. The summed E-state index contributed by atoms with van der Waals surface area (Å²) in [5, 5.41) is 19.1. The minimum Gasteiger partial charge on any atom is -0.455 e. The van der Waals surface area contributed by atoms with E-state index in [0.29, 0.717) is 0 Å². The van der Waals surface area contributed by atoms with E-state index < -0.39 is 37.1 Å². The molecule has 110 valence electrons. The first-order chi connectivity index (χ1) is 9.43. The highest BCUT2D eigenvalue weighted by Crippen LogP contribution is 2.31. The third-order valence-corrected chi connectivity index (χ3v) is 3.23. The van der Waals surface area contributed by atoms with Crippen LogP contribution < -0.4 is 5.56 Å². The van der Waals surface area contributed by atoms with Gasteiger partial charge in [-0.2, -0.15) is 0 Å². The molecule has 0 spiro atoms. The highest BCUT2D eigenvalue weighted by Gasteiger charge is 2.46. The Hall–Kier alpha value is -1.55. The summed E-state index contributed by atoms with van der Waals surface area (Å²) >= 11 is 5.00. The lowest BCUT2D eigenvalue weighted by atomic mass is 10.1. The van der Waals surface area contributed by atoms with Gasteiger partial charge < -0.3 is 19.7 Å². The fraction of sp³-hybridized carbons (Fsp3) is 0.545. The maximum Gasteiger partial charge on any atom is 0.303 e. The third kappa shape index (κ3) is 2.80. The minimum absolute atomic E-state index is 0.0606. The molecular weight excluding hydrogens is 288 g/mol. The zero-order valence-corrected chi connectivity index (χ0v) is 11.4. The van der Waals surface area contributed by atoms with Crippen molar-refractivity contribution in [1.29, 1.82) is 0 Å². The Balaban J connectivity index is 2.39. The fourth-order valence-corrected chi connectivity index (χ4v) is 2.30. The van der Waals surface area contributed by atoms with Crippen molar-refractivity contribution in [3.63, 3.8) is 0 Å². The van der Waals surface area contributed by atoms with Crippen molar-refractivity contribution in [3.05, 3.63) is 27.4 Å². The first-order valence-electron chi connectivity index (χ1n) is 5.87. The van der Waals surface area contributed by atoms with Crippen LogP contribution in [0.1, 0.15) is 13.2 Å². The van der Waals surface area contributed by atoms with Gasteiger partial charge in [0.15, 0.2) is 17.1 Å². The maximum absolute atomic E-state index is 11.2. The van der Waals surface area contributed by atoms with Gasteiger partial charge in [0.05, 0.1) is 6.61 Å². The van der Waals surface area contributed by atoms with E-state index in [4.69, 9.17) is 26.8 Å². The number of hydrogen-bond donors (Lipinski definition) is 3. The van der Waals surface area contributed by atoms with Crippen molar-refractivity contribution in [2.75, 3.05) is 6.61 Å². The zero-order valence-electron chi connectivity index (χ0n) is 10.6. The van der Waals surface area contributed by atoms with Gasteiger partial charge in [-0.1, -0.05) is 0 Å². The van der Waals surface area contributed by atoms with Crippen LogP contribution in [0.5, 0.6) is 0 Å². The molecule has 0 amide bonds. The molecule has 0 saturated carbocycles. The van der Waals surface area contributed by atoms with Crippen molar-refractivity contribution in [3.8, 4) is 0 Å². The molecule has 2 rings (SSSR count). The molecule has 20 heavy (non-hydrogen) atoms. The largest absolute Gasteiger partial charge is 0.455 e. The standard InChI is InChI=1S/C11H14N2O6S/c1-5(15)18-9-8(17)6(4-14)19-10(9)13-3-2-7(16)12-11(13)20/h2-3,6,8-10,14,17H,4H2,1H3,(H,12,16,20)/t6-,8?,9+,10-/m1/s1. The van der Waals surface area contributed by atoms with Crippen molar-refractivity contribution in [1.82, 2.24) is 9.55 Å². The Morgan fingerprint density at radius 3 is 2.90 bits per heavy atom. The molecule has 1 aromatic heterocycles. The predicted molar refractivity (Wildman–Crippen MR) is 68.4 cm³/mol. The second kappa shape index (κ2) is 5.83. The Labute approximate surface area is 118 Å². The van der Waals surface area contributed by atoms with E-state index in [0.717, 1.165) is 0 Å². The first kappa shape index (κ1) is 14.9. The molecular formula is C11H14N2O6S. The average molecular weight is 302 g/mol. The summed E-state index contributed by atoms with van der Waals surface area (Å²) in [5.74, 6) is -0.600. The Morgan fingerprint density at radius 1 is 1.65 bits per heavy atom. The second-order valence-corrected chi connectivity index (χ2v) is 4.72. The molecule has 0 bridgehead atoms. The molecule has 1 aliphatic rings. The Morgan fingerprint density at radius 2 is 2.35 bits per heavy atom. The number of aliphatic hydroxyl groups excluding tert-OH is 2. The smallest absolute Gasteiger partial charge is 0.303 e. The first-order valence-corrected chi connectivity index (χ1v) is 6.28. The van der Waals surface area contributed by atoms with E-state index in [9.17, 15) is 14.7 Å². The zero-order chi connectivity index (χ0) is 14.9. The summed E-state index contributed by atoms with van der Waals surface area (Å²) in [6.45, 7) is 0.758. The Kier molecular flexibility index (Phi) is 4.33. The summed E-state index contributed by atoms with van der Waals surface area (Å²) in [4.78, 5) is 24.7. The number of aliphatic hydroxyl groups is 2. The number of aromatic nitrogens is 2. The van der Waals surface area contributed by atoms with Crippen LogP contribution in [0.3, 0.4) is 0 Å². The number of carbonyl (C=O) groups excluding carboxylic acids is 1. The summed E-state index contributed by atoms with van der Waals surface area (Å²) in [6.07, 6.45) is -2.67. The van der Waals surface area contributed by atoms with Gasteiger partial charge in [-0.15, -0.1) is 0 Å². The lowest BCUT2D eigenvalue weighted by Crippen LogP contribution is -2.36. The molecule has 8 nitrogen and oxygen atoms in total. The molecule has 1 fully saturated rings. The van der Waals surface area contributed by atoms with Gasteiger partial charge in [-0.25, -0.2) is 0 Å². The van der Waals surface area contributed by atoms with E-state index in [2.05, 4.69) is 4.98 Å². The number of hydrogen-bond acceptors (Lipinski definition) is 7. The highest BCUT2D eigenvalue weighted by molar-refractivity contribution is 7.71. The molecule has 0 radical (unpaired) electrons. The number of esters is 1. The molecule has 9 heteroatoms. The van der Waals surface area contributed by atoms with E-state index in [-0.39, 0.29) is 10.3 Å². The maximum atomic E-state index is 11.2. The van der Waals surface area contributed by atoms with Gasteiger partial charge in [0.1, 0.15) is 12.2 Å². The quantitative estimate of drug-likeness (QED) is 0.489. The van der Waals surface area contributed by atoms with Crippen LogP contribution in [-0.2, 0) is 14.3 Å². The molecule has 0 aliphatic carbocycles. The summed E-state index contributed by atoms with van der Waals surface area (Å²) in [7, 11) is 0. The van der Waals surface area contributed by atoms with Gasteiger partial charge in [0, 0.05) is 19.2 Å². The molecule has 0 aromatic carbocycles. The number of rotatable bonds is 3. The molecule has 1 aliphatic heterocycles. The van der Waals surface area contributed by atoms with Crippen molar-refractivity contribution in [2.45, 2.75) is 31.5 Å². The van der Waals surface area contributed by atoms with E-state index in [1.165, 1.54) is 23.8 Å². The van der Waals surface area contributed by atoms with Crippen molar-refractivity contribution in [2.24, 2.45) is 0 Å². The lowest BCUT2D eigenvalue weighted by molar-refractivity contribution is -0.156. The van der Waals surface area contributed by atoms with Crippen LogP contribution in [0.2, 0.25) is 0 Å². The molecule has 4 atom stereocenters. The normalized spacial score (nSPS) is 29.4. The minimum atomic E-state index is -1.19. The lowest BCUT2D eigenvalue weighted by Gasteiger charge is -2.22. The number of carbonyl (C=O) groups is 1. The summed E-state index contributed by atoms with van der Waals surface area (Å²) in [5.41, 5.74) is -0.382. The third-order valence-electron chi connectivity index (χ3n) is 2.92. The molecule has 1 unspecified atom stereocenters. The van der Waals surface area contributed by atoms with Gasteiger partial charge in [-0.3, -0.25) is 19.1 Å². The second-order valence-electron chi connectivity index (χ2n) is 4.33. The molecule has 1 saturated heterocycles. The van der Waals surface area contributed by atoms with Crippen LogP contribution in [0.15, 0.2) is 17.1 Å². The van der Waals surface area contributed by atoms with Crippen LogP contribution in [0.25, 0.3) is 0 Å². The van der Waals surface area contributed by atoms with Gasteiger partial charge >= 0.3 is 5.97 Å². The summed E-state index contributed by atoms with van der Waals surface area (Å²) < 4.78 is 11.9. The number of nitrogens with zero attached hydrogens (tertiary/aromatic N) is 1. The Bertz CT molecular complexity index is 611. The number of ether oxygens (including phenoxy) is 2. The van der Waals surface area contributed by atoms with E-state index in [1.54, 1.807) is 0 Å². The van der Waals surface area contributed by atoms with Crippen LogP contribution >= 0.6 is 12.2 Å². The topological polar surface area (TPSA) is 114 Å². The molecule has 3 N–H and O–H groups in total. The van der Waals surface area contributed by atoms with Gasteiger partial charge in [-0.05, 0) is 12.2 Å². The highest BCUT2D eigenvalue weighted by atomic mass is 32.1. The van der Waals surface area contributed by atoms with E-state index in [1.807, 2.05) is 0 Å².